The minimum absolute atomic E-state index is 0.0384. The van der Waals surface area contributed by atoms with Gasteiger partial charge in [-0.05, 0) is 38.5 Å². The van der Waals surface area contributed by atoms with Gasteiger partial charge in [0, 0.05) is 0 Å². The molecule has 0 saturated heterocycles. The number of nitrogens with one attached hydrogen (secondary N) is 1. The Bertz CT molecular complexity index is 713. The fourth-order valence-electron chi connectivity index (χ4n) is 7.28. The summed E-state index contributed by atoms with van der Waals surface area (Å²) in [6.07, 6.45) is 49.1. The highest BCUT2D eigenvalue weighted by atomic mass is 16.3. The van der Waals surface area contributed by atoms with Gasteiger partial charge < -0.3 is 20.6 Å². The number of allylic oxidation sites excluding steroid dienone is 2. The number of carbonyl (C=O) groups excluding carboxylic acids is 1. The highest BCUT2D eigenvalue weighted by Crippen LogP contribution is 2.16. The van der Waals surface area contributed by atoms with Crippen LogP contribution in [0.2, 0.25) is 0 Å². The lowest BCUT2D eigenvalue weighted by atomic mass is 10.0. The van der Waals surface area contributed by atoms with Crippen LogP contribution in [0.1, 0.15) is 251 Å². The molecule has 0 aliphatic rings. The van der Waals surface area contributed by atoms with Gasteiger partial charge in [-0.25, -0.2) is 0 Å². The van der Waals surface area contributed by atoms with Gasteiger partial charge in [-0.3, -0.25) is 4.79 Å². The van der Waals surface area contributed by atoms with Crippen molar-refractivity contribution in [3.05, 3.63) is 12.2 Å². The summed E-state index contributed by atoms with van der Waals surface area (Å²) in [4.78, 5) is 12.4. The maximum atomic E-state index is 12.4. The second-order valence-corrected chi connectivity index (χ2v) is 16.0. The number of hydrogen-bond acceptors (Lipinski definition) is 4. The third-order valence-corrected chi connectivity index (χ3v) is 10.8. The lowest BCUT2D eigenvalue weighted by Crippen LogP contribution is -2.46. The lowest BCUT2D eigenvalue weighted by Gasteiger charge is -2.23. The van der Waals surface area contributed by atoms with Gasteiger partial charge in [0.2, 0.25) is 5.91 Å². The molecule has 0 aromatic rings. The molecule has 0 radical (unpaired) electrons. The molecule has 0 saturated carbocycles. The molecule has 0 rings (SSSR count). The largest absolute Gasteiger partial charge is 0.394 e. The zero-order chi connectivity index (χ0) is 37.3. The van der Waals surface area contributed by atoms with Crippen LogP contribution in [-0.4, -0.2) is 46.1 Å². The molecule has 5 nitrogen and oxygen atoms in total. The Morgan fingerprint density at radius 1 is 0.471 bits per heavy atom. The van der Waals surface area contributed by atoms with Gasteiger partial charge in [-0.2, -0.15) is 0 Å². The van der Waals surface area contributed by atoms with Crippen LogP contribution in [0, 0.1) is 0 Å². The van der Waals surface area contributed by atoms with Crippen LogP contribution in [0.4, 0.5) is 0 Å². The topological polar surface area (TPSA) is 89.8 Å². The van der Waals surface area contributed by atoms with Crippen molar-refractivity contribution < 1.29 is 20.1 Å². The van der Waals surface area contributed by atoms with Crippen LogP contribution in [0.25, 0.3) is 0 Å². The molecular formula is C46H91NO4. The van der Waals surface area contributed by atoms with Crippen molar-refractivity contribution >= 4 is 5.91 Å². The van der Waals surface area contributed by atoms with E-state index in [1.165, 1.54) is 193 Å². The van der Waals surface area contributed by atoms with Gasteiger partial charge in [0.25, 0.3) is 0 Å². The minimum Gasteiger partial charge on any atom is -0.394 e. The number of amides is 1. The predicted molar refractivity (Wildman–Crippen MR) is 222 cm³/mol. The van der Waals surface area contributed by atoms with E-state index >= 15 is 0 Å². The van der Waals surface area contributed by atoms with Gasteiger partial charge in [0.15, 0.2) is 0 Å². The zero-order valence-corrected chi connectivity index (χ0v) is 34.5. The first kappa shape index (κ1) is 50.1. The fourth-order valence-corrected chi connectivity index (χ4v) is 7.28. The average molecular weight is 722 g/mol. The van der Waals surface area contributed by atoms with Crippen LogP contribution in [0.15, 0.2) is 12.2 Å². The molecule has 51 heavy (non-hydrogen) atoms. The molecule has 0 aliphatic heterocycles. The molecule has 0 fully saturated rings. The summed E-state index contributed by atoms with van der Waals surface area (Å²) in [7, 11) is 0. The average Bonchev–Trinajstić information content (AvgIpc) is 3.12. The van der Waals surface area contributed by atoms with E-state index in [2.05, 4.69) is 31.3 Å². The molecule has 304 valence electrons. The summed E-state index contributed by atoms with van der Waals surface area (Å²) in [5.74, 6) is -0.283. The first-order valence-electron chi connectivity index (χ1n) is 23.0. The van der Waals surface area contributed by atoms with E-state index in [4.69, 9.17) is 0 Å². The molecular weight excluding hydrogens is 631 g/mol. The molecule has 1 amide bonds. The number of aliphatic hydroxyl groups is 3. The van der Waals surface area contributed by atoms with E-state index < -0.39 is 18.2 Å². The van der Waals surface area contributed by atoms with Crippen LogP contribution < -0.4 is 5.32 Å². The first-order valence-corrected chi connectivity index (χ1v) is 23.0. The molecule has 0 heterocycles. The molecule has 0 aromatic heterocycles. The van der Waals surface area contributed by atoms with Crippen LogP contribution in [-0.2, 0) is 4.79 Å². The predicted octanol–water partition coefficient (Wildman–Crippen LogP) is 13.2. The monoisotopic (exact) mass is 722 g/mol. The van der Waals surface area contributed by atoms with Crippen molar-refractivity contribution in [3.8, 4) is 0 Å². The summed E-state index contributed by atoms with van der Waals surface area (Å²) < 4.78 is 0. The molecule has 0 bridgehead atoms. The third-order valence-electron chi connectivity index (χ3n) is 10.8. The van der Waals surface area contributed by atoms with Crippen molar-refractivity contribution in [3.63, 3.8) is 0 Å². The number of unbranched alkanes of at least 4 members (excludes halogenated alkanes) is 31. The number of aliphatic hydroxyl groups excluding tert-OH is 3. The molecule has 0 spiro atoms. The second-order valence-electron chi connectivity index (χ2n) is 16.0. The van der Waals surface area contributed by atoms with Crippen LogP contribution in [0.3, 0.4) is 0 Å². The van der Waals surface area contributed by atoms with Crippen LogP contribution in [0.5, 0.6) is 0 Å². The van der Waals surface area contributed by atoms with Gasteiger partial charge in [-0.15, -0.1) is 0 Å². The Kier molecular flexibility index (Phi) is 41.1. The molecule has 0 aromatic carbocycles. The highest BCUT2D eigenvalue weighted by Gasteiger charge is 2.21. The highest BCUT2D eigenvalue weighted by molar-refractivity contribution is 5.76. The van der Waals surface area contributed by atoms with Crippen molar-refractivity contribution in [1.82, 2.24) is 5.32 Å². The smallest absolute Gasteiger partial charge is 0.222 e. The van der Waals surface area contributed by atoms with Crippen molar-refractivity contribution in [1.29, 1.82) is 0 Å². The van der Waals surface area contributed by atoms with E-state index in [9.17, 15) is 20.1 Å². The van der Waals surface area contributed by atoms with Crippen molar-refractivity contribution in [2.24, 2.45) is 0 Å². The van der Waals surface area contributed by atoms with E-state index in [1.807, 2.05) is 0 Å². The van der Waals surface area contributed by atoms with Crippen molar-refractivity contribution in [2.75, 3.05) is 6.61 Å². The maximum absolute atomic E-state index is 12.4. The van der Waals surface area contributed by atoms with E-state index in [1.54, 1.807) is 0 Å². The standard InChI is InChI=1S/C46H91NO4/c1-3-5-7-9-11-13-15-16-17-18-19-20-21-22-23-24-25-26-27-28-29-30-31-33-35-37-39-43(49)41-46(51)47-44(42-48)45(50)40-38-36-34-32-14-12-10-8-6-4-2/h22-23,43-45,48-50H,3-21,24-42H2,1-2H3,(H,47,51)/b23-22-. The van der Waals surface area contributed by atoms with E-state index in [-0.39, 0.29) is 18.9 Å². The van der Waals surface area contributed by atoms with E-state index in [0.29, 0.717) is 12.8 Å². The Labute approximate surface area is 319 Å². The lowest BCUT2D eigenvalue weighted by molar-refractivity contribution is -0.125. The summed E-state index contributed by atoms with van der Waals surface area (Å²) in [6.45, 7) is 4.26. The quantitative estimate of drug-likeness (QED) is 0.0373. The summed E-state index contributed by atoms with van der Waals surface area (Å²) in [6, 6.07) is -0.654. The summed E-state index contributed by atoms with van der Waals surface area (Å²) in [5.41, 5.74) is 0. The Hall–Kier alpha value is -0.910. The number of carbonyl (C=O) groups is 1. The maximum Gasteiger partial charge on any atom is 0.222 e. The Balaban J connectivity index is 3.51. The SMILES string of the molecule is CCCCCCCCCCCCCC/C=C\CCCCCCCCCCCCC(O)CC(=O)NC(CO)C(O)CCCCCCCCCCCC. The van der Waals surface area contributed by atoms with Gasteiger partial charge in [0.05, 0.1) is 31.3 Å². The van der Waals surface area contributed by atoms with E-state index in [0.717, 1.165) is 25.7 Å². The van der Waals surface area contributed by atoms with Gasteiger partial charge in [-0.1, -0.05) is 219 Å². The first-order chi connectivity index (χ1) is 25.0. The Morgan fingerprint density at radius 2 is 0.784 bits per heavy atom. The molecule has 0 aliphatic carbocycles. The fraction of sp³-hybridized carbons (Fsp3) is 0.935. The summed E-state index contributed by atoms with van der Waals surface area (Å²) in [5, 5.41) is 33.3. The molecule has 3 unspecified atom stereocenters. The molecule has 3 atom stereocenters. The number of rotatable bonds is 42. The molecule has 4 N–H and O–H groups in total. The second kappa shape index (κ2) is 41.8. The normalized spacial score (nSPS) is 13.6. The molecule has 5 heteroatoms. The van der Waals surface area contributed by atoms with Crippen LogP contribution >= 0.6 is 0 Å². The van der Waals surface area contributed by atoms with Gasteiger partial charge >= 0.3 is 0 Å². The van der Waals surface area contributed by atoms with Gasteiger partial charge in [0.1, 0.15) is 0 Å². The van der Waals surface area contributed by atoms with Crippen molar-refractivity contribution in [2.45, 2.75) is 270 Å². The summed E-state index contributed by atoms with van der Waals surface area (Å²) >= 11 is 0. The Morgan fingerprint density at radius 3 is 1.14 bits per heavy atom. The third kappa shape index (κ3) is 38.6. The zero-order valence-electron chi connectivity index (χ0n) is 34.5. The minimum atomic E-state index is -0.744. The number of hydrogen-bond donors (Lipinski definition) is 4.